The molecule has 0 fully saturated rings. The average Bonchev–Trinajstić information content (AvgIpc) is 2.28. The van der Waals surface area contributed by atoms with Crippen LogP contribution in [0.25, 0.3) is 0 Å². The van der Waals surface area contributed by atoms with Gasteiger partial charge >= 0.3 is 0 Å². The fraction of sp³-hybridized carbons (Fsp3) is 0.429. The molecule has 0 aromatic heterocycles. The summed E-state index contributed by atoms with van der Waals surface area (Å²) in [5.41, 5.74) is 0.928. The van der Waals surface area contributed by atoms with Crippen LogP contribution in [0.2, 0.25) is 0 Å². The normalized spacial score (nSPS) is 10.9. The maximum absolute atomic E-state index is 10.4. The molecule has 0 atom stereocenters. The molecule has 0 aliphatic heterocycles. The zero-order valence-electron chi connectivity index (χ0n) is 12.3. The summed E-state index contributed by atoms with van der Waals surface area (Å²) in [5.74, 6) is 5.44. The molecule has 0 radical (unpaired) electrons. The quantitative estimate of drug-likeness (QED) is 0.492. The number of aliphatic hydroxyl groups is 1. The van der Waals surface area contributed by atoms with Crippen molar-refractivity contribution < 1.29 is 22.6 Å². The molecule has 1 aromatic carbocycles. The van der Waals surface area contributed by atoms with Crippen molar-refractivity contribution >= 4 is 10.1 Å². The molecule has 6 heteroatoms. The summed E-state index contributed by atoms with van der Waals surface area (Å²) in [4.78, 5) is -0.178. The zero-order chi connectivity index (χ0) is 15.8. The molecule has 0 saturated heterocycles. The average molecular weight is 299 g/mol. The summed E-state index contributed by atoms with van der Waals surface area (Å²) in [6.07, 6.45) is 0. The second-order valence-corrected chi connectivity index (χ2v) is 6.61. The van der Waals surface area contributed by atoms with Gasteiger partial charge in [0.1, 0.15) is 23.3 Å². The Morgan fingerprint density at radius 3 is 2.00 bits per heavy atom. The van der Waals surface area contributed by atoms with Gasteiger partial charge in [-0.2, -0.15) is 0 Å². The molecule has 0 saturated carbocycles. The number of nitrogens with zero attached hydrogens (tertiary/aromatic N) is 1. The standard InChI is InChI=1S/C7H14NO.C7H8O3S/c1-8(2,3)6-4-5-7-9;1-6-2-4-7(5-3-6)11(8,9)10/h9H,6-7H2,1-3H3;2-5H,1H3,(H,8,9,10)/q+1;/p-1. The summed E-state index contributed by atoms with van der Waals surface area (Å²) in [6.45, 7) is 2.59. The number of benzene rings is 1. The molecule has 5 nitrogen and oxygen atoms in total. The Balaban J connectivity index is 0.000000370. The summed E-state index contributed by atoms with van der Waals surface area (Å²) in [6, 6.07) is 5.78. The van der Waals surface area contributed by atoms with E-state index in [-0.39, 0.29) is 11.5 Å². The van der Waals surface area contributed by atoms with Crippen molar-refractivity contribution in [2.24, 2.45) is 0 Å². The van der Waals surface area contributed by atoms with Gasteiger partial charge in [0.15, 0.2) is 0 Å². The van der Waals surface area contributed by atoms with E-state index in [1.165, 1.54) is 12.1 Å². The third-order valence-electron chi connectivity index (χ3n) is 2.07. The molecule has 0 aliphatic carbocycles. The van der Waals surface area contributed by atoms with Crippen LogP contribution >= 0.6 is 0 Å². The largest absolute Gasteiger partial charge is 0.744 e. The van der Waals surface area contributed by atoms with Crippen molar-refractivity contribution in [3.63, 3.8) is 0 Å². The predicted molar refractivity (Wildman–Crippen MR) is 76.9 cm³/mol. The first-order valence-corrected chi connectivity index (χ1v) is 7.36. The Labute approximate surface area is 121 Å². The second kappa shape index (κ2) is 8.02. The van der Waals surface area contributed by atoms with E-state index in [2.05, 4.69) is 33.0 Å². The zero-order valence-corrected chi connectivity index (χ0v) is 13.1. The molecule has 1 rings (SSSR count). The Hall–Kier alpha value is -1.39. The highest BCUT2D eigenvalue weighted by atomic mass is 32.2. The van der Waals surface area contributed by atoms with Gasteiger partial charge < -0.3 is 14.1 Å². The Bertz CT molecular complexity index is 560. The Morgan fingerprint density at radius 2 is 1.65 bits per heavy atom. The fourth-order valence-corrected chi connectivity index (χ4v) is 1.52. The van der Waals surface area contributed by atoms with Crippen LogP contribution in [-0.4, -0.2) is 56.9 Å². The van der Waals surface area contributed by atoms with Crippen LogP contribution in [0.4, 0.5) is 0 Å². The number of hydrogen-bond acceptors (Lipinski definition) is 4. The molecule has 0 amide bonds. The van der Waals surface area contributed by atoms with Gasteiger partial charge in [-0.3, -0.25) is 0 Å². The summed E-state index contributed by atoms with van der Waals surface area (Å²) < 4.78 is 32.0. The molecule has 0 heterocycles. The first kappa shape index (κ1) is 18.6. The van der Waals surface area contributed by atoms with E-state index < -0.39 is 10.1 Å². The number of aliphatic hydroxyl groups excluding tert-OH is 1. The van der Waals surface area contributed by atoms with Gasteiger partial charge in [0.05, 0.1) is 26.0 Å². The Morgan fingerprint density at radius 1 is 1.15 bits per heavy atom. The fourth-order valence-electron chi connectivity index (χ4n) is 1.05. The van der Waals surface area contributed by atoms with Gasteiger partial charge in [0.25, 0.3) is 0 Å². The molecule has 1 N–H and O–H groups in total. The van der Waals surface area contributed by atoms with Gasteiger partial charge in [-0.1, -0.05) is 23.6 Å². The lowest BCUT2D eigenvalue weighted by atomic mass is 10.2. The van der Waals surface area contributed by atoms with E-state index in [1.54, 1.807) is 12.1 Å². The van der Waals surface area contributed by atoms with Crippen LogP contribution in [0.3, 0.4) is 0 Å². The van der Waals surface area contributed by atoms with Gasteiger partial charge in [-0.25, -0.2) is 8.42 Å². The minimum Gasteiger partial charge on any atom is -0.744 e. The molecule has 112 valence electrons. The van der Waals surface area contributed by atoms with Crippen molar-refractivity contribution in [3.8, 4) is 11.8 Å². The Kier molecular flexibility index (Phi) is 7.46. The minimum atomic E-state index is -4.27. The molecule has 20 heavy (non-hydrogen) atoms. The highest BCUT2D eigenvalue weighted by Crippen LogP contribution is 2.08. The lowest BCUT2D eigenvalue weighted by Crippen LogP contribution is -2.34. The van der Waals surface area contributed by atoms with Crippen LogP contribution in [0.5, 0.6) is 0 Å². The van der Waals surface area contributed by atoms with Crippen molar-refractivity contribution in [2.75, 3.05) is 34.3 Å². The topological polar surface area (TPSA) is 77.4 Å². The van der Waals surface area contributed by atoms with E-state index >= 15 is 0 Å². The minimum absolute atomic E-state index is 0.0278. The van der Waals surface area contributed by atoms with Crippen molar-refractivity contribution in [1.82, 2.24) is 0 Å². The van der Waals surface area contributed by atoms with Crippen LogP contribution in [0.1, 0.15) is 5.56 Å². The number of quaternary nitrogens is 1. The summed E-state index contributed by atoms with van der Waals surface area (Å²) in [5, 5.41) is 8.28. The first-order valence-electron chi connectivity index (χ1n) is 5.96. The highest BCUT2D eigenvalue weighted by molar-refractivity contribution is 7.85. The lowest BCUT2D eigenvalue weighted by molar-refractivity contribution is -0.862. The monoisotopic (exact) mass is 299 g/mol. The number of hydrogen-bond donors (Lipinski definition) is 1. The SMILES string of the molecule is C[N+](C)(C)CC#CCO.Cc1ccc(S(=O)(=O)[O-])cc1. The second-order valence-electron chi connectivity index (χ2n) is 5.23. The van der Waals surface area contributed by atoms with Gasteiger partial charge in [0.2, 0.25) is 0 Å². The predicted octanol–water partition coefficient (Wildman–Crippen LogP) is 0.587. The maximum Gasteiger partial charge on any atom is 0.140 e. The first-order chi connectivity index (χ1) is 9.06. The van der Waals surface area contributed by atoms with E-state index in [0.29, 0.717) is 0 Å². The van der Waals surface area contributed by atoms with Gasteiger partial charge in [0, 0.05) is 0 Å². The smallest absolute Gasteiger partial charge is 0.140 e. The molecule has 0 unspecified atom stereocenters. The third kappa shape index (κ3) is 9.53. The molecule has 0 bridgehead atoms. The van der Waals surface area contributed by atoms with Gasteiger partial charge in [-0.15, -0.1) is 0 Å². The maximum atomic E-state index is 10.4. The van der Waals surface area contributed by atoms with Crippen LogP contribution in [0, 0.1) is 18.8 Å². The summed E-state index contributed by atoms with van der Waals surface area (Å²) in [7, 11) is 1.92. The van der Waals surface area contributed by atoms with E-state index in [4.69, 9.17) is 5.11 Å². The number of aryl methyl sites for hydroxylation is 1. The molecule has 1 aromatic rings. The molecular weight excluding hydrogens is 278 g/mol. The molecule has 0 aliphatic rings. The summed E-state index contributed by atoms with van der Waals surface area (Å²) >= 11 is 0. The van der Waals surface area contributed by atoms with E-state index in [0.717, 1.165) is 16.6 Å². The number of rotatable bonds is 2. The van der Waals surface area contributed by atoms with Crippen molar-refractivity contribution in [1.29, 1.82) is 0 Å². The highest BCUT2D eigenvalue weighted by Gasteiger charge is 2.00. The van der Waals surface area contributed by atoms with Crippen molar-refractivity contribution in [3.05, 3.63) is 29.8 Å². The van der Waals surface area contributed by atoms with Crippen LogP contribution in [0.15, 0.2) is 29.2 Å². The van der Waals surface area contributed by atoms with E-state index in [9.17, 15) is 13.0 Å². The van der Waals surface area contributed by atoms with Gasteiger partial charge in [-0.05, 0) is 25.0 Å². The van der Waals surface area contributed by atoms with Crippen molar-refractivity contribution in [2.45, 2.75) is 11.8 Å². The van der Waals surface area contributed by atoms with Crippen LogP contribution in [-0.2, 0) is 10.1 Å². The molecular formula is C14H21NO4S. The third-order valence-corrected chi connectivity index (χ3v) is 2.92. The van der Waals surface area contributed by atoms with E-state index in [1.807, 2.05) is 6.92 Å². The van der Waals surface area contributed by atoms with Crippen LogP contribution < -0.4 is 0 Å². The lowest BCUT2D eigenvalue weighted by Gasteiger charge is -2.19. The molecule has 0 spiro atoms.